The van der Waals surface area contributed by atoms with Crippen molar-refractivity contribution < 1.29 is 13.2 Å². The Morgan fingerprint density at radius 3 is 2.33 bits per heavy atom. The number of rotatable bonds is 2. The smallest absolute Gasteiger partial charge is 0.240 e. The average Bonchev–Trinajstić information content (AvgIpc) is 3.02. The van der Waals surface area contributed by atoms with Crippen molar-refractivity contribution in [2.75, 3.05) is 11.5 Å². The van der Waals surface area contributed by atoms with Gasteiger partial charge in [0.1, 0.15) is 0 Å². The van der Waals surface area contributed by atoms with Crippen molar-refractivity contribution in [3.05, 3.63) is 77.4 Å². The van der Waals surface area contributed by atoms with Gasteiger partial charge in [-0.05, 0) is 22.8 Å². The predicted octanol–water partition coefficient (Wildman–Crippen LogP) is 3.07. The van der Waals surface area contributed by atoms with Crippen LogP contribution in [0, 0.1) is 5.92 Å². The molecule has 1 saturated heterocycles. The lowest BCUT2D eigenvalue weighted by Gasteiger charge is -2.29. The molecule has 6 heteroatoms. The molecule has 27 heavy (non-hydrogen) atoms. The molecule has 5 nitrogen and oxygen atoms in total. The van der Waals surface area contributed by atoms with Crippen LogP contribution in [-0.4, -0.2) is 36.6 Å². The molecule has 2 aliphatic rings. The molecule has 0 aromatic heterocycles. The lowest BCUT2D eigenvalue weighted by Crippen LogP contribution is -2.38. The summed E-state index contributed by atoms with van der Waals surface area (Å²) in [6.07, 6.45) is 1.87. The lowest BCUT2D eigenvalue weighted by molar-refractivity contribution is -0.131. The number of hydrogen-bond donors (Lipinski definition) is 0. The van der Waals surface area contributed by atoms with Gasteiger partial charge in [-0.2, -0.15) is 5.10 Å². The van der Waals surface area contributed by atoms with Crippen molar-refractivity contribution in [2.45, 2.75) is 13.0 Å². The SMILES string of the molecule is CC(=O)N1N=C2/C(=C\c3ccccc3)CS(=O)(=O)CC2C1c1ccccc1. The standard InChI is InChI=1S/C21H20N2O3S/c1-15(24)23-21(17-10-6-3-7-11-17)19-14-27(25,26)13-18(20(19)22-23)12-16-8-4-2-5-9-16/h2-12,19,21H,13-14H2,1H3/b18-12-. The molecule has 2 unspecified atom stereocenters. The number of fused-ring (bicyclic) bond motifs is 1. The van der Waals surface area contributed by atoms with Crippen molar-refractivity contribution in [1.82, 2.24) is 5.01 Å². The Balaban J connectivity index is 1.83. The third kappa shape index (κ3) is 3.45. The number of hydrogen-bond acceptors (Lipinski definition) is 4. The first-order valence-corrected chi connectivity index (χ1v) is 10.7. The predicted molar refractivity (Wildman–Crippen MR) is 106 cm³/mol. The summed E-state index contributed by atoms with van der Waals surface area (Å²) in [5.41, 5.74) is 3.19. The van der Waals surface area contributed by atoms with Crippen LogP contribution in [0.1, 0.15) is 24.1 Å². The normalized spacial score (nSPS) is 25.1. The highest BCUT2D eigenvalue weighted by Gasteiger charge is 2.46. The molecule has 0 bridgehead atoms. The molecule has 2 aliphatic heterocycles. The number of amides is 1. The fourth-order valence-corrected chi connectivity index (χ4v) is 5.55. The van der Waals surface area contributed by atoms with Gasteiger partial charge in [0.2, 0.25) is 5.91 Å². The van der Waals surface area contributed by atoms with Gasteiger partial charge >= 0.3 is 0 Å². The first-order chi connectivity index (χ1) is 12.9. The van der Waals surface area contributed by atoms with Gasteiger partial charge < -0.3 is 0 Å². The summed E-state index contributed by atoms with van der Waals surface area (Å²) in [6, 6.07) is 18.7. The molecule has 0 aliphatic carbocycles. The highest BCUT2D eigenvalue weighted by atomic mass is 32.2. The largest absolute Gasteiger partial charge is 0.273 e. The molecule has 1 fully saturated rings. The van der Waals surface area contributed by atoms with Crippen LogP contribution in [0.2, 0.25) is 0 Å². The van der Waals surface area contributed by atoms with Gasteiger partial charge in [0, 0.05) is 12.8 Å². The van der Waals surface area contributed by atoms with E-state index in [4.69, 9.17) is 0 Å². The van der Waals surface area contributed by atoms with Gasteiger partial charge in [0.25, 0.3) is 0 Å². The van der Waals surface area contributed by atoms with E-state index in [1.54, 1.807) is 0 Å². The zero-order chi connectivity index (χ0) is 19.0. The Labute approximate surface area is 158 Å². The third-order valence-electron chi connectivity index (χ3n) is 4.95. The maximum Gasteiger partial charge on any atom is 0.240 e. The van der Waals surface area contributed by atoms with Gasteiger partial charge in [0.05, 0.1) is 23.3 Å². The Bertz CT molecular complexity index is 1030. The van der Waals surface area contributed by atoms with Crippen LogP contribution < -0.4 is 0 Å². The van der Waals surface area contributed by atoms with Crippen LogP contribution in [0.15, 0.2) is 71.3 Å². The fourth-order valence-electron chi connectivity index (χ4n) is 3.84. The Kier molecular flexibility index (Phi) is 4.44. The van der Waals surface area contributed by atoms with E-state index in [0.717, 1.165) is 11.1 Å². The molecular weight excluding hydrogens is 360 g/mol. The van der Waals surface area contributed by atoms with Gasteiger partial charge in [-0.1, -0.05) is 60.7 Å². The Morgan fingerprint density at radius 2 is 1.70 bits per heavy atom. The molecule has 2 heterocycles. The third-order valence-corrected chi connectivity index (χ3v) is 6.57. The van der Waals surface area contributed by atoms with E-state index in [2.05, 4.69) is 5.10 Å². The molecule has 2 aromatic carbocycles. The zero-order valence-corrected chi connectivity index (χ0v) is 15.8. The van der Waals surface area contributed by atoms with Crippen LogP contribution in [0.5, 0.6) is 0 Å². The number of carbonyl (C=O) groups excluding carboxylic acids is 1. The van der Waals surface area contributed by atoms with E-state index in [0.29, 0.717) is 11.3 Å². The fraction of sp³-hybridized carbons (Fsp3) is 0.238. The summed E-state index contributed by atoms with van der Waals surface area (Å²) in [7, 11) is -3.28. The first kappa shape index (κ1) is 17.7. The molecule has 0 saturated carbocycles. The summed E-state index contributed by atoms with van der Waals surface area (Å²) in [5.74, 6) is -0.599. The number of carbonyl (C=O) groups is 1. The van der Waals surface area contributed by atoms with E-state index in [9.17, 15) is 13.2 Å². The number of benzene rings is 2. The number of sulfone groups is 1. The molecule has 0 N–H and O–H groups in total. The van der Waals surface area contributed by atoms with Crippen LogP contribution in [0.4, 0.5) is 0 Å². The topological polar surface area (TPSA) is 66.8 Å². The average molecular weight is 380 g/mol. The quantitative estimate of drug-likeness (QED) is 0.804. The zero-order valence-electron chi connectivity index (χ0n) is 14.9. The van der Waals surface area contributed by atoms with Crippen LogP contribution >= 0.6 is 0 Å². The summed E-state index contributed by atoms with van der Waals surface area (Å²) in [4.78, 5) is 12.2. The molecular formula is C21H20N2O3S. The number of nitrogens with zero attached hydrogens (tertiary/aromatic N) is 2. The van der Waals surface area contributed by atoms with Gasteiger partial charge in [0.15, 0.2) is 9.84 Å². The highest BCUT2D eigenvalue weighted by Crippen LogP contribution is 2.41. The maximum atomic E-state index is 12.6. The molecule has 2 aromatic rings. The van der Waals surface area contributed by atoms with Crippen molar-refractivity contribution in [2.24, 2.45) is 11.0 Å². The van der Waals surface area contributed by atoms with Gasteiger partial charge in [-0.25, -0.2) is 13.4 Å². The van der Waals surface area contributed by atoms with Gasteiger partial charge in [-0.15, -0.1) is 0 Å². The van der Waals surface area contributed by atoms with Crippen LogP contribution in [-0.2, 0) is 14.6 Å². The second kappa shape index (κ2) is 6.78. The van der Waals surface area contributed by atoms with Crippen molar-refractivity contribution >= 4 is 27.5 Å². The summed E-state index contributed by atoms with van der Waals surface area (Å²) in [6.45, 7) is 1.46. The van der Waals surface area contributed by atoms with Crippen LogP contribution in [0.3, 0.4) is 0 Å². The monoisotopic (exact) mass is 380 g/mol. The first-order valence-electron chi connectivity index (χ1n) is 8.84. The van der Waals surface area contributed by atoms with Gasteiger partial charge in [-0.3, -0.25) is 4.79 Å². The van der Waals surface area contributed by atoms with E-state index in [1.807, 2.05) is 66.7 Å². The second-order valence-corrected chi connectivity index (χ2v) is 9.05. The van der Waals surface area contributed by atoms with E-state index in [1.165, 1.54) is 11.9 Å². The molecule has 138 valence electrons. The van der Waals surface area contributed by atoms with E-state index >= 15 is 0 Å². The maximum absolute atomic E-state index is 12.6. The minimum atomic E-state index is -3.28. The Morgan fingerprint density at radius 1 is 1.07 bits per heavy atom. The van der Waals surface area contributed by atoms with Crippen molar-refractivity contribution in [1.29, 1.82) is 0 Å². The second-order valence-electron chi connectivity index (χ2n) is 6.95. The lowest BCUT2D eigenvalue weighted by atomic mass is 9.87. The molecule has 1 amide bonds. The van der Waals surface area contributed by atoms with Crippen molar-refractivity contribution in [3.8, 4) is 0 Å². The Hall–Kier alpha value is -2.73. The molecule has 0 radical (unpaired) electrons. The summed E-state index contributed by atoms with van der Waals surface area (Å²) < 4.78 is 25.3. The minimum absolute atomic E-state index is 0.00129. The summed E-state index contributed by atoms with van der Waals surface area (Å²) >= 11 is 0. The summed E-state index contributed by atoms with van der Waals surface area (Å²) in [5, 5.41) is 6.02. The molecule has 0 spiro atoms. The minimum Gasteiger partial charge on any atom is -0.273 e. The van der Waals surface area contributed by atoms with Crippen molar-refractivity contribution in [3.63, 3.8) is 0 Å². The molecule has 4 rings (SSSR count). The molecule has 2 atom stereocenters. The van der Waals surface area contributed by atoms with Crippen LogP contribution in [0.25, 0.3) is 6.08 Å². The highest BCUT2D eigenvalue weighted by molar-refractivity contribution is 7.91. The van der Waals surface area contributed by atoms with E-state index < -0.39 is 15.9 Å². The van der Waals surface area contributed by atoms with E-state index in [-0.39, 0.29) is 23.3 Å². The number of hydrazone groups is 1.